The highest BCUT2D eigenvalue weighted by Gasteiger charge is 2.26. The molecular weight excluding hydrogens is 474 g/mol. The van der Waals surface area contributed by atoms with Gasteiger partial charge in [0.15, 0.2) is 11.0 Å². The summed E-state index contributed by atoms with van der Waals surface area (Å²) in [6, 6.07) is 12.4. The number of ether oxygens (including phenoxy) is 1. The fourth-order valence-corrected chi connectivity index (χ4v) is 4.34. The van der Waals surface area contributed by atoms with Gasteiger partial charge in [-0.2, -0.15) is 0 Å². The predicted molar refractivity (Wildman–Crippen MR) is 144 cm³/mol. The van der Waals surface area contributed by atoms with Crippen LogP contribution in [-0.2, 0) is 11.3 Å². The maximum absolute atomic E-state index is 13.0. The Morgan fingerprint density at radius 1 is 1.11 bits per heavy atom. The fourth-order valence-electron chi connectivity index (χ4n) is 3.58. The second-order valence-corrected chi connectivity index (χ2v) is 9.74. The van der Waals surface area contributed by atoms with Crippen LogP contribution in [0.15, 0.2) is 60.3 Å². The van der Waals surface area contributed by atoms with Crippen LogP contribution in [-0.4, -0.2) is 39.4 Å². The number of anilines is 1. The van der Waals surface area contributed by atoms with Crippen molar-refractivity contribution >= 4 is 29.3 Å². The Balaban J connectivity index is 1.74. The van der Waals surface area contributed by atoms with Gasteiger partial charge in [-0.1, -0.05) is 37.8 Å². The van der Waals surface area contributed by atoms with E-state index < -0.39 is 0 Å². The molecule has 0 saturated carbocycles. The van der Waals surface area contributed by atoms with Gasteiger partial charge in [0.05, 0.1) is 18.9 Å². The van der Waals surface area contributed by atoms with Crippen LogP contribution in [0.4, 0.5) is 5.69 Å². The second kappa shape index (κ2) is 12.4. The van der Waals surface area contributed by atoms with E-state index in [-0.39, 0.29) is 29.5 Å². The molecule has 9 heteroatoms. The molecule has 3 aromatic rings. The average Bonchev–Trinajstić information content (AvgIpc) is 3.25. The van der Waals surface area contributed by atoms with Crippen molar-refractivity contribution in [2.45, 2.75) is 45.4 Å². The minimum atomic E-state index is -0.384. The van der Waals surface area contributed by atoms with E-state index in [9.17, 15) is 9.59 Å². The summed E-state index contributed by atoms with van der Waals surface area (Å²) in [4.78, 5) is 25.5. The lowest BCUT2D eigenvalue weighted by Crippen LogP contribution is -2.33. The van der Waals surface area contributed by atoms with Crippen LogP contribution in [0.5, 0.6) is 5.75 Å². The molecule has 36 heavy (non-hydrogen) atoms. The van der Waals surface area contributed by atoms with Crippen molar-refractivity contribution in [3.8, 4) is 5.75 Å². The van der Waals surface area contributed by atoms with Gasteiger partial charge in [-0.25, -0.2) is 0 Å². The number of aryl methyl sites for hydroxylation is 2. The SMILES string of the molecule is C=CCn1c(SCC(=O)Nc2ccc(C)c(C)c2)nnc1[C@@H](NC(=O)c1ccc(OC)cc1)C(C)C. The molecule has 0 unspecified atom stereocenters. The van der Waals surface area contributed by atoms with Crippen LogP contribution in [0.3, 0.4) is 0 Å². The minimum absolute atomic E-state index is 0.0471. The summed E-state index contributed by atoms with van der Waals surface area (Å²) in [6.07, 6.45) is 1.74. The molecular formula is C27H33N5O3S. The Bertz CT molecular complexity index is 1220. The van der Waals surface area contributed by atoms with Crippen molar-refractivity contribution in [2.75, 3.05) is 18.2 Å². The van der Waals surface area contributed by atoms with Crippen molar-refractivity contribution in [1.29, 1.82) is 0 Å². The standard InChI is InChI=1S/C27H33N5O3S/c1-7-14-32-25(24(17(2)3)29-26(34)20-9-12-22(35-6)13-10-20)30-31-27(32)36-16-23(33)28-21-11-8-18(4)19(5)15-21/h7-13,15,17,24H,1,14,16H2,2-6H3,(H,28,33)(H,29,34)/t24-/m0/s1. The van der Waals surface area contributed by atoms with Crippen molar-refractivity contribution in [3.05, 3.63) is 77.6 Å². The molecule has 190 valence electrons. The van der Waals surface area contributed by atoms with Gasteiger partial charge in [0.1, 0.15) is 5.75 Å². The van der Waals surface area contributed by atoms with Crippen LogP contribution in [0.1, 0.15) is 47.2 Å². The number of nitrogens with one attached hydrogen (secondary N) is 2. The number of benzene rings is 2. The van der Waals surface area contributed by atoms with Crippen molar-refractivity contribution in [3.63, 3.8) is 0 Å². The predicted octanol–water partition coefficient (Wildman–Crippen LogP) is 4.95. The summed E-state index contributed by atoms with van der Waals surface area (Å²) < 4.78 is 7.06. The number of allylic oxidation sites excluding steroid dienone is 1. The van der Waals surface area contributed by atoms with E-state index in [1.54, 1.807) is 37.5 Å². The first-order valence-corrected chi connectivity index (χ1v) is 12.7. The third-order valence-corrected chi connectivity index (χ3v) is 6.73. The van der Waals surface area contributed by atoms with Crippen LogP contribution in [0.25, 0.3) is 0 Å². The summed E-state index contributed by atoms with van der Waals surface area (Å²) in [5.74, 6) is 1.17. The van der Waals surface area contributed by atoms with Gasteiger partial charge in [-0.3, -0.25) is 9.59 Å². The number of methoxy groups -OCH3 is 1. The van der Waals surface area contributed by atoms with Gasteiger partial charge in [0, 0.05) is 17.8 Å². The van der Waals surface area contributed by atoms with E-state index in [4.69, 9.17) is 4.74 Å². The van der Waals surface area contributed by atoms with E-state index >= 15 is 0 Å². The van der Waals surface area contributed by atoms with Crippen molar-refractivity contribution in [2.24, 2.45) is 5.92 Å². The average molecular weight is 508 g/mol. The van der Waals surface area contributed by atoms with Gasteiger partial charge in [0.25, 0.3) is 5.91 Å². The van der Waals surface area contributed by atoms with Gasteiger partial charge < -0.3 is 19.9 Å². The lowest BCUT2D eigenvalue weighted by molar-refractivity contribution is -0.113. The maximum Gasteiger partial charge on any atom is 0.251 e. The lowest BCUT2D eigenvalue weighted by atomic mass is 10.0. The number of nitrogens with zero attached hydrogens (tertiary/aromatic N) is 3. The number of amides is 2. The summed E-state index contributed by atoms with van der Waals surface area (Å²) in [5.41, 5.74) is 3.57. The molecule has 1 atom stereocenters. The Morgan fingerprint density at radius 3 is 2.44 bits per heavy atom. The molecule has 0 aliphatic heterocycles. The highest BCUT2D eigenvalue weighted by Crippen LogP contribution is 2.26. The first-order valence-electron chi connectivity index (χ1n) is 11.7. The second-order valence-electron chi connectivity index (χ2n) is 8.80. The quantitative estimate of drug-likeness (QED) is 0.282. The third-order valence-electron chi connectivity index (χ3n) is 5.76. The third kappa shape index (κ3) is 6.75. The number of carbonyl (C=O) groups is 2. The van der Waals surface area contributed by atoms with Crippen molar-refractivity contribution in [1.82, 2.24) is 20.1 Å². The van der Waals surface area contributed by atoms with E-state index in [2.05, 4.69) is 27.4 Å². The zero-order valence-electron chi connectivity index (χ0n) is 21.4. The summed E-state index contributed by atoms with van der Waals surface area (Å²) in [6.45, 7) is 12.4. The molecule has 2 N–H and O–H groups in total. The van der Waals surface area contributed by atoms with Gasteiger partial charge in [-0.15, -0.1) is 16.8 Å². The topological polar surface area (TPSA) is 98.1 Å². The van der Waals surface area contributed by atoms with Gasteiger partial charge in [-0.05, 0) is 67.3 Å². The summed E-state index contributed by atoms with van der Waals surface area (Å²) >= 11 is 1.29. The number of carbonyl (C=O) groups excluding carboxylic acids is 2. The number of thioether (sulfide) groups is 1. The largest absolute Gasteiger partial charge is 0.497 e. The molecule has 1 heterocycles. The number of hydrogen-bond acceptors (Lipinski definition) is 6. The highest BCUT2D eigenvalue weighted by molar-refractivity contribution is 7.99. The van der Waals surface area contributed by atoms with Crippen LogP contribution in [0.2, 0.25) is 0 Å². The van der Waals surface area contributed by atoms with E-state index in [0.717, 1.165) is 11.3 Å². The molecule has 0 aliphatic rings. The molecule has 8 nitrogen and oxygen atoms in total. The normalized spacial score (nSPS) is 11.7. The minimum Gasteiger partial charge on any atom is -0.497 e. The van der Waals surface area contributed by atoms with E-state index in [1.165, 1.54) is 17.3 Å². The molecule has 0 bridgehead atoms. The van der Waals surface area contributed by atoms with E-state index in [1.807, 2.05) is 50.5 Å². The fraction of sp³-hybridized carbons (Fsp3) is 0.333. The Labute approximate surface area is 216 Å². The number of aromatic nitrogens is 3. The number of hydrogen-bond donors (Lipinski definition) is 2. The summed E-state index contributed by atoms with van der Waals surface area (Å²) in [5, 5.41) is 15.3. The smallest absolute Gasteiger partial charge is 0.251 e. The molecule has 2 amide bonds. The zero-order valence-corrected chi connectivity index (χ0v) is 22.2. The van der Waals surface area contributed by atoms with Crippen LogP contribution >= 0.6 is 11.8 Å². The molecule has 0 saturated heterocycles. The molecule has 0 fully saturated rings. The molecule has 0 aliphatic carbocycles. The Kier molecular flexibility index (Phi) is 9.30. The molecule has 0 spiro atoms. The van der Waals surface area contributed by atoms with Crippen molar-refractivity contribution < 1.29 is 14.3 Å². The Hall–Kier alpha value is -3.59. The monoisotopic (exact) mass is 507 g/mol. The molecule has 0 radical (unpaired) electrons. The van der Waals surface area contributed by atoms with Gasteiger partial charge in [0.2, 0.25) is 5.91 Å². The first-order chi connectivity index (χ1) is 17.2. The van der Waals surface area contributed by atoms with Crippen LogP contribution < -0.4 is 15.4 Å². The summed E-state index contributed by atoms with van der Waals surface area (Å²) in [7, 11) is 1.58. The molecule has 1 aromatic heterocycles. The molecule has 3 rings (SSSR count). The highest BCUT2D eigenvalue weighted by atomic mass is 32.2. The van der Waals surface area contributed by atoms with Crippen LogP contribution in [0, 0.1) is 19.8 Å². The number of rotatable bonds is 11. The van der Waals surface area contributed by atoms with Gasteiger partial charge >= 0.3 is 0 Å². The maximum atomic E-state index is 13.0. The molecule has 2 aromatic carbocycles. The Morgan fingerprint density at radius 2 is 1.83 bits per heavy atom. The lowest BCUT2D eigenvalue weighted by Gasteiger charge is -2.22. The zero-order chi connectivity index (χ0) is 26.2. The van der Waals surface area contributed by atoms with E-state index in [0.29, 0.717) is 28.8 Å². The first kappa shape index (κ1) is 27.0.